The van der Waals surface area contributed by atoms with E-state index in [9.17, 15) is 4.79 Å². The third-order valence-electron chi connectivity index (χ3n) is 5.06. The van der Waals surface area contributed by atoms with E-state index in [-0.39, 0.29) is 12.7 Å². The monoisotopic (exact) mass is 392 g/mol. The van der Waals surface area contributed by atoms with Crippen molar-refractivity contribution in [3.05, 3.63) is 54.1 Å². The maximum Gasteiger partial charge on any atom is 0.254 e. The maximum atomic E-state index is 12.9. The number of amides is 1. The van der Waals surface area contributed by atoms with Crippen molar-refractivity contribution in [2.75, 3.05) is 37.9 Å². The Labute approximate surface area is 167 Å². The van der Waals surface area contributed by atoms with Crippen molar-refractivity contribution in [3.8, 4) is 17.3 Å². The molecular weight excluding hydrogens is 372 g/mol. The summed E-state index contributed by atoms with van der Waals surface area (Å²) in [7, 11) is 0. The molecule has 9 heteroatoms. The molecular formula is C20H20N6O3. The average molecular weight is 392 g/mol. The summed E-state index contributed by atoms with van der Waals surface area (Å²) in [6.45, 7) is 4.71. The minimum absolute atomic E-state index is 0.000881. The van der Waals surface area contributed by atoms with Gasteiger partial charge in [-0.05, 0) is 31.2 Å². The Morgan fingerprint density at radius 2 is 1.79 bits per heavy atom. The molecule has 0 saturated carbocycles. The molecule has 2 aromatic heterocycles. The van der Waals surface area contributed by atoms with Crippen molar-refractivity contribution >= 4 is 11.7 Å². The Hall–Kier alpha value is -3.62. The van der Waals surface area contributed by atoms with Gasteiger partial charge in [0.25, 0.3) is 5.91 Å². The number of rotatable bonds is 3. The van der Waals surface area contributed by atoms with Crippen LogP contribution in [-0.4, -0.2) is 63.5 Å². The highest BCUT2D eigenvalue weighted by Gasteiger charge is 2.25. The molecule has 1 amide bonds. The van der Waals surface area contributed by atoms with Crippen LogP contribution >= 0.6 is 0 Å². The number of carbonyl (C=O) groups is 1. The molecule has 3 aromatic rings. The molecule has 0 bridgehead atoms. The van der Waals surface area contributed by atoms with Crippen molar-refractivity contribution in [3.63, 3.8) is 0 Å². The molecule has 0 radical (unpaired) electrons. The van der Waals surface area contributed by atoms with Crippen LogP contribution in [0.1, 0.15) is 16.2 Å². The molecule has 1 saturated heterocycles. The van der Waals surface area contributed by atoms with Gasteiger partial charge in [0.1, 0.15) is 11.6 Å². The van der Waals surface area contributed by atoms with Crippen LogP contribution in [0.3, 0.4) is 0 Å². The average Bonchev–Trinajstić information content (AvgIpc) is 3.44. The summed E-state index contributed by atoms with van der Waals surface area (Å²) in [4.78, 5) is 25.9. The second-order valence-corrected chi connectivity index (χ2v) is 6.93. The number of hydrogen-bond acceptors (Lipinski definition) is 7. The normalized spacial score (nSPS) is 15.6. The highest BCUT2D eigenvalue weighted by atomic mass is 16.7. The summed E-state index contributed by atoms with van der Waals surface area (Å²) in [5.74, 6) is 3.57. The highest BCUT2D eigenvalue weighted by Crippen LogP contribution is 2.33. The maximum absolute atomic E-state index is 12.9. The van der Waals surface area contributed by atoms with Crippen molar-refractivity contribution in [1.82, 2.24) is 24.6 Å². The molecule has 0 N–H and O–H groups in total. The van der Waals surface area contributed by atoms with E-state index < -0.39 is 0 Å². The number of hydrogen-bond donors (Lipinski definition) is 0. The van der Waals surface area contributed by atoms with Crippen molar-refractivity contribution in [1.29, 1.82) is 0 Å². The van der Waals surface area contributed by atoms with E-state index in [1.807, 2.05) is 30.2 Å². The number of nitrogens with zero attached hydrogens (tertiary/aromatic N) is 6. The van der Waals surface area contributed by atoms with Gasteiger partial charge in [-0.2, -0.15) is 5.10 Å². The fraction of sp³-hybridized carbons (Fsp3) is 0.300. The Balaban J connectivity index is 1.29. The first-order chi connectivity index (χ1) is 14.2. The molecule has 2 aliphatic rings. The number of aromatic nitrogens is 4. The van der Waals surface area contributed by atoms with Crippen LogP contribution in [0, 0.1) is 6.92 Å². The molecule has 0 atom stereocenters. The Morgan fingerprint density at radius 1 is 1.00 bits per heavy atom. The quantitative estimate of drug-likeness (QED) is 0.670. The van der Waals surface area contributed by atoms with Crippen LogP contribution in [0.4, 0.5) is 5.82 Å². The van der Waals surface area contributed by atoms with E-state index in [4.69, 9.17) is 9.47 Å². The number of aryl methyl sites for hydroxylation is 1. The Bertz CT molecular complexity index is 1040. The summed E-state index contributed by atoms with van der Waals surface area (Å²) in [6, 6.07) is 9.10. The summed E-state index contributed by atoms with van der Waals surface area (Å²) >= 11 is 0. The van der Waals surface area contributed by atoms with Crippen LogP contribution in [0.2, 0.25) is 0 Å². The first kappa shape index (κ1) is 17.5. The Kier molecular flexibility index (Phi) is 4.27. The van der Waals surface area contributed by atoms with E-state index in [0.717, 1.165) is 11.6 Å². The SMILES string of the molecule is Cc1nc(N2CCN(C(=O)c3ccc4c(c3)OCO4)CC2)cc(-n2cccn2)n1. The van der Waals surface area contributed by atoms with Gasteiger partial charge in [-0.25, -0.2) is 14.6 Å². The van der Waals surface area contributed by atoms with Crippen LogP contribution in [-0.2, 0) is 0 Å². The summed E-state index contributed by atoms with van der Waals surface area (Å²) in [5, 5.41) is 4.24. The minimum Gasteiger partial charge on any atom is -0.454 e. The molecule has 29 heavy (non-hydrogen) atoms. The van der Waals surface area contributed by atoms with Crippen LogP contribution in [0.5, 0.6) is 11.5 Å². The third-order valence-corrected chi connectivity index (χ3v) is 5.06. The van der Waals surface area contributed by atoms with Gasteiger partial charge in [-0.15, -0.1) is 0 Å². The smallest absolute Gasteiger partial charge is 0.254 e. The first-order valence-electron chi connectivity index (χ1n) is 9.47. The van der Waals surface area contributed by atoms with Gasteiger partial charge in [0.2, 0.25) is 6.79 Å². The lowest BCUT2D eigenvalue weighted by Crippen LogP contribution is -2.49. The van der Waals surface area contributed by atoms with Gasteiger partial charge < -0.3 is 19.3 Å². The van der Waals surface area contributed by atoms with Gasteiger partial charge in [-0.1, -0.05) is 0 Å². The van der Waals surface area contributed by atoms with Crippen LogP contribution < -0.4 is 14.4 Å². The zero-order chi connectivity index (χ0) is 19.8. The molecule has 148 valence electrons. The topological polar surface area (TPSA) is 85.6 Å². The zero-order valence-electron chi connectivity index (χ0n) is 16.0. The van der Waals surface area contributed by atoms with Gasteiger partial charge in [0, 0.05) is 50.2 Å². The molecule has 2 aliphatic heterocycles. The molecule has 1 fully saturated rings. The van der Waals surface area contributed by atoms with E-state index >= 15 is 0 Å². The second kappa shape index (κ2) is 7.08. The summed E-state index contributed by atoms with van der Waals surface area (Å²) < 4.78 is 12.4. The fourth-order valence-electron chi connectivity index (χ4n) is 3.57. The fourth-order valence-corrected chi connectivity index (χ4v) is 3.57. The highest BCUT2D eigenvalue weighted by molar-refractivity contribution is 5.95. The van der Waals surface area contributed by atoms with Crippen molar-refractivity contribution < 1.29 is 14.3 Å². The van der Waals surface area contributed by atoms with E-state index in [1.54, 1.807) is 29.1 Å². The molecule has 1 aromatic carbocycles. The number of piperazine rings is 1. The second-order valence-electron chi connectivity index (χ2n) is 6.93. The van der Waals surface area contributed by atoms with E-state index in [1.165, 1.54) is 0 Å². The van der Waals surface area contributed by atoms with Gasteiger partial charge in [0.05, 0.1) is 0 Å². The number of benzene rings is 1. The minimum atomic E-state index is -0.000881. The van der Waals surface area contributed by atoms with Crippen molar-refractivity contribution in [2.45, 2.75) is 6.92 Å². The molecule has 0 unspecified atom stereocenters. The lowest BCUT2D eigenvalue weighted by Gasteiger charge is -2.35. The predicted octanol–water partition coefficient (Wildman–Crippen LogP) is 1.66. The Morgan fingerprint density at radius 3 is 2.59 bits per heavy atom. The number of anilines is 1. The van der Waals surface area contributed by atoms with Crippen molar-refractivity contribution in [2.24, 2.45) is 0 Å². The molecule has 5 rings (SSSR count). The lowest BCUT2D eigenvalue weighted by molar-refractivity contribution is 0.0746. The third kappa shape index (κ3) is 3.35. The number of ether oxygens (including phenoxy) is 2. The summed E-state index contributed by atoms with van der Waals surface area (Å²) in [6.07, 6.45) is 3.57. The van der Waals surface area contributed by atoms with E-state index in [2.05, 4.69) is 20.0 Å². The van der Waals surface area contributed by atoms with Gasteiger partial charge in [0.15, 0.2) is 17.3 Å². The van der Waals surface area contributed by atoms with Gasteiger partial charge >= 0.3 is 0 Å². The summed E-state index contributed by atoms with van der Waals surface area (Å²) in [5.41, 5.74) is 0.613. The zero-order valence-corrected chi connectivity index (χ0v) is 16.0. The van der Waals surface area contributed by atoms with Crippen LogP contribution in [0.15, 0.2) is 42.7 Å². The number of fused-ring (bicyclic) bond motifs is 1. The number of carbonyl (C=O) groups excluding carboxylic acids is 1. The largest absolute Gasteiger partial charge is 0.454 e. The molecule has 9 nitrogen and oxygen atoms in total. The predicted molar refractivity (Wildman–Crippen MR) is 105 cm³/mol. The molecule has 0 spiro atoms. The lowest BCUT2D eigenvalue weighted by atomic mass is 10.1. The molecule has 0 aliphatic carbocycles. The van der Waals surface area contributed by atoms with Gasteiger partial charge in [-0.3, -0.25) is 4.79 Å². The standard InChI is InChI=1S/C20H20N6O3/c1-14-22-18(12-19(23-14)26-6-2-5-21-26)24-7-9-25(10-8-24)20(27)15-3-4-16-17(11-15)29-13-28-16/h2-6,11-12H,7-10,13H2,1H3. The first-order valence-corrected chi connectivity index (χ1v) is 9.47. The molecule has 4 heterocycles. The van der Waals surface area contributed by atoms with E-state index in [0.29, 0.717) is 49.1 Å². The van der Waals surface area contributed by atoms with Crippen LogP contribution in [0.25, 0.3) is 5.82 Å².